The summed E-state index contributed by atoms with van der Waals surface area (Å²) < 4.78 is 37.6. The van der Waals surface area contributed by atoms with Crippen molar-refractivity contribution in [3.05, 3.63) is 66.3 Å². The van der Waals surface area contributed by atoms with Crippen LogP contribution >= 0.6 is 0 Å². The highest BCUT2D eigenvalue weighted by Gasteiger charge is 2.33. The number of hydrogen-bond donors (Lipinski definition) is 0. The minimum atomic E-state index is -3.60. The first-order valence-electron chi connectivity index (χ1n) is 10.0. The van der Waals surface area contributed by atoms with Crippen molar-refractivity contribution in [2.24, 2.45) is 5.92 Å². The quantitative estimate of drug-likeness (QED) is 0.541. The van der Waals surface area contributed by atoms with Crippen LogP contribution in [0.5, 0.6) is 0 Å². The summed E-state index contributed by atoms with van der Waals surface area (Å²) in [6, 6.07) is 10.9. The number of rotatable bonds is 6. The number of pyridine rings is 1. The van der Waals surface area contributed by atoms with Gasteiger partial charge in [0.1, 0.15) is 23.5 Å². The standard InChI is InChI=1S/C22H23N3O5S/c1-16-4-6-17(7-5-16)21-24-19(14-29-21)15-30-22(26)18-8-11-25(12-9-18)31(27,28)20-3-2-10-23-13-20/h2-7,10,13-14,18H,8-9,11-12,15H2,1H3. The average molecular weight is 442 g/mol. The molecule has 2 aromatic heterocycles. The number of aryl methyl sites for hydroxylation is 1. The van der Waals surface area contributed by atoms with Gasteiger partial charge in [0.2, 0.25) is 15.9 Å². The van der Waals surface area contributed by atoms with Crippen molar-refractivity contribution < 1.29 is 22.4 Å². The Morgan fingerprint density at radius 1 is 1.19 bits per heavy atom. The zero-order valence-corrected chi connectivity index (χ0v) is 17.9. The van der Waals surface area contributed by atoms with Crippen LogP contribution in [0.3, 0.4) is 0 Å². The van der Waals surface area contributed by atoms with E-state index < -0.39 is 10.0 Å². The van der Waals surface area contributed by atoms with Crippen LogP contribution in [0.25, 0.3) is 11.5 Å². The van der Waals surface area contributed by atoms with Crippen LogP contribution in [0.2, 0.25) is 0 Å². The van der Waals surface area contributed by atoms with Crippen molar-refractivity contribution in [1.82, 2.24) is 14.3 Å². The predicted octanol–water partition coefficient (Wildman–Crippen LogP) is 3.19. The Labute approximate surface area is 180 Å². The molecule has 1 aromatic carbocycles. The van der Waals surface area contributed by atoms with Gasteiger partial charge in [0.15, 0.2) is 0 Å². The lowest BCUT2D eigenvalue weighted by Gasteiger charge is -2.29. The second-order valence-electron chi connectivity index (χ2n) is 7.48. The molecule has 4 rings (SSSR count). The van der Waals surface area contributed by atoms with Gasteiger partial charge >= 0.3 is 5.97 Å². The molecular weight excluding hydrogens is 418 g/mol. The van der Waals surface area contributed by atoms with Crippen LogP contribution in [0, 0.1) is 12.8 Å². The van der Waals surface area contributed by atoms with Gasteiger partial charge in [0.05, 0.1) is 5.92 Å². The summed E-state index contributed by atoms with van der Waals surface area (Å²) in [7, 11) is -3.60. The van der Waals surface area contributed by atoms with Crippen LogP contribution in [0.4, 0.5) is 0 Å². The summed E-state index contributed by atoms with van der Waals surface area (Å²) in [5.74, 6) is -0.220. The highest BCUT2D eigenvalue weighted by molar-refractivity contribution is 7.89. The Bertz CT molecular complexity index is 1140. The molecule has 0 radical (unpaired) electrons. The summed E-state index contributed by atoms with van der Waals surface area (Å²) in [6.07, 6.45) is 5.15. The average Bonchev–Trinajstić information content (AvgIpc) is 3.28. The number of oxazole rings is 1. The first-order valence-corrected chi connectivity index (χ1v) is 11.5. The molecule has 162 valence electrons. The van der Waals surface area contributed by atoms with Crippen molar-refractivity contribution in [3.63, 3.8) is 0 Å². The number of ether oxygens (including phenoxy) is 1. The molecule has 3 heterocycles. The molecule has 8 nitrogen and oxygen atoms in total. The normalized spacial score (nSPS) is 15.6. The summed E-state index contributed by atoms with van der Waals surface area (Å²) in [4.78, 5) is 20.9. The van der Waals surface area contributed by atoms with Crippen LogP contribution in [-0.4, -0.2) is 41.7 Å². The predicted molar refractivity (Wildman–Crippen MR) is 112 cm³/mol. The third-order valence-electron chi connectivity index (χ3n) is 5.27. The van der Waals surface area contributed by atoms with Crippen molar-refractivity contribution in [2.75, 3.05) is 13.1 Å². The number of nitrogens with zero attached hydrogens (tertiary/aromatic N) is 3. The third kappa shape index (κ3) is 4.83. The molecule has 0 N–H and O–H groups in total. The Morgan fingerprint density at radius 2 is 1.94 bits per heavy atom. The van der Waals surface area contributed by atoms with Crippen LogP contribution < -0.4 is 0 Å². The summed E-state index contributed by atoms with van der Waals surface area (Å²) in [5, 5.41) is 0. The fourth-order valence-electron chi connectivity index (χ4n) is 3.45. The van der Waals surface area contributed by atoms with Crippen LogP contribution in [0.15, 0.2) is 64.4 Å². The Hall–Kier alpha value is -3.04. The van der Waals surface area contributed by atoms with Gasteiger partial charge < -0.3 is 9.15 Å². The third-order valence-corrected chi connectivity index (χ3v) is 7.15. The molecule has 3 aromatic rings. The minimum absolute atomic E-state index is 0.0163. The molecule has 1 aliphatic rings. The second kappa shape index (κ2) is 8.99. The molecule has 0 atom stereocenters. The number of piperidine rings is 1. The van der Waals surface area contributed by atoms with E-state index in [0.717, 1.165) is 11.1 Å². The molecule has 0 saturated carbocycles. The van der Waals surface area contributed by atoms with Gasteiger partial charge in [0, 0.05) is 31.0 Å². The number of carbonyl (C=O) groups excluding carboxylic acids is 1. The highest BCUT2D eigenvalue weighted by atomic mass is 32.2. The number of hydrogen-bond acceptors (Lipinski definition) is 7. The number of carbonyl (C=O) groups is 1. The second-order valence-corrected chi connectivity index (χ2v) is 9.42. The fourth-order valence-corrected chi connectivity index (χ4v) is 4.88. The molecule has 1 fully saturated rings. The number of esters is 1. The Morgan fingerprint density at radius 3 is 2.61 bits per heavy atom. The lowest BCUT2D eigenvalue weighted by atomic mass is 9.98. The van der Waals surface area contributed by atoms with Gasteiger partial charge in [-0.15, -0.1) is 0 Å². The summed E-state index contributed by atoms with van der Waals surface area (Å²) in [5.41, 5.74) is 2.52. The maximum absolute atomic E-state index is 12.7. The maximum atomic E-state index is 12.7. The molecule has 0 spiro atoms. The zero-order valence-electron chi connectivity index (χ0n) is 17.1. The molecular formula is C22H23N3O5S. The van der Waals surface area contributed by atoms with Gasteiger partial charge in [0.25, 0.3) is 0 Å². The van der Waals surface area contributed by atoms with E-state index in [1.54, 1.807) is 6.07 Å². The number of benzene rings is 1. The van der Waals surface area contributed by atoms with E-state index >= 15 is 0 Å². The Kier molecular flexibility index (Phi) is 6.15. The topological polar surface area (TPSA) is 103 Å². The lowest BCUT2D eigenvalue weighted by Crippen LogP contribution is -2.40. The highest BCUT2D eigenvalue weighted by Crippen LogP contribution is 2.25. The van der Waals surface area contributed by atoms with Gasteiger partial charge in [-0.3, -0.25) is 9.78 Å². The van der Waals surface area contributed by atoms with Crippen LogP contribution in [0.1, 0.15) is 24.1 Å². The SMILES string of the molecule is Cc1ccc(-c2nc(COC(=O)C3CCN(S(=O)(=O)c4cccnc4)CC3)co2)cc1. The molecule has 0 unspecified atom stereocenters. The van der Waals surface area contributed by atoms with E-state index in [-0.39, 0.29) is 36.5 Å². The molecule has 0 aliphatic carbocycles. The van der Waals surface area contributed by atoms with E-state index in [9.17, 15) is 13.2 Å². The zero-order chi connectivity index (χ0) is 21.8. The van der Waals surface area contributed by atoms with Crippen molar-refractivity contribution >= 4 is 16.0 Å². The van der Waals surface area contributed by atoms with Gasteiger partial charge in [-0.2, -0.15) is 4.31 Å². The van der Waals surface area contributed by atoms with Crippen molar-refractivity contribution in [2.45, 2.75) is 31.3 Å². The van der Waals surface area contributed by atoms with E-state index in [0.29, 0.717) is 24.4 Å². The van der Waals surface area contributed by atoms with Crippen molar-refractivity contribution in [1.29, 1.82) is 0 Å². The molecule has 31 heavy (non-hydrogen) atoms. The van der Waals surface area contributed by atoms with Gasteiger partial charge in [-0.05, 0) is 44.0 Å². The number of aromatic nitrogens is 2. The number of sulfonamides is 1. The summed E-state index contributed by atoms with van der Waals surface area (Å²) in [6.45, 7) is 2.54. The molecule has 1 aliphatic heterocycles. The molecule has 9 heteroatoms. The van der Waals surface area contributed by atoms with Gasteiger partial charge in [-0.25, -0.2) is 13.4 Å². The van der Waals surface area contributed by atoms with E-state index in [1.165, 1.54) is 29.0 Å². The summed E-state index contributed by atoms with van der Waals surface area (Å²) >= 11 is 0. The Balaban J connectivity index is 1.29. The molecule has 1 saturated heterocycles. The van der Waals surface area contributed by atoms with Crippen molar-refractivity contribution in [3.8, 4) is 11.5 Å². The molecule has 0 bridgehead atoms. The first-order chi connectivity index (χ1) is 14.9. The minimum Gasteiger partial charge on any atom is -0.459 e. The molecule has 0 amide bonds. The largest absolute Gasteiger partial charge is 0.459 e. The fraction of sp³-hybridized carbons (Fsp3) is 0.318. The van der Waals surface area contributed by atoms with Gasteiger partial charge in [-0.1, -0.05) is 17.7 Å². The monoisotopic (exact) mass is 441 g/mol. The van der Waals surface area contributed by atoms with Crippen LogP contribution in [-0.2, 0) is 26.2 Å². The lowest BCUT2D eigenvalue weighted by molar-refractivity contribution is -0.151. The van der Waals surface area contributed by atoms with E-state index in [2.05, 4.69) is 9.97 Å². The smallest absolute Gasteiger partial charge is 0.309 e. The maximum Gasteiger partial charge on any atom is 0.309 e. The van der Waals surface area contributed by atoms with E-state index in [4.69, 9.17) is 9.15 Å². The first kappa shape index (κ1) is 21.2. The van der Waals surface area contributed by atoms with E-state index in [1.807, 2.05) is 31.2 Å².